The molecular weight excluding hydrogens is 178 g/mol. The number of H-pyrrole nitrogens is 1. The van der Waals surface area contributed by atoms with Gasteiger partial charge in [0.2, 0.25) is 0 Å². The average molecular weight is 184 g/mol. The van der Waals surface area contributed by atoms with Crippen LogP contribution in [-0.2, 0) is 5.88 Å². The zero-order valence-electron chi connectivity index (χ0n) is 6.12. The fraction of sp³-hybridized carbons (Fsp3) is 0.143. The normalized spacial score (nSPS) is 10.8. The molecule has 2 aromatic heterocycles. The largest absolute Gasteiger partial charge is 0.306 e. The first kappa shape index (κ1) is 7.36. The molecule has 0 fully saturated rings. The smallest absolute Gasteiger partial charge is 0.275 e. The van der Waals surface area contributed by atoms with Crippen LogP contribution in [0.25, 0.3) is 5.52 Å². The van der Waals surface area contributed by atoms with Crippen LogP contribution in [0.2, 0.25) is 0 Å². The lowest BCUT2D eigenvalue weighted by Crippen LogP contribution is -2.14. The topological polar surface area (TPSA) is 50.2 Å². The molecule has 5 heteroatoms. The van der Waals surface area contributed by atoms with Crippen LogP contribution in [0.4, 0.5) is 0 Å². The van der Waals surface area contributed by atoms with E-state index in [4.69, 9.17) is 11.6 Å². The number of hydrogen-bond acceptors (Lipinski definition) is 2. The molecule has 0 bridgehead atoms. The highest BCUT2D eigenvalue weighted by Gasteiger charge is 2.00. The van der Waals surface area contributed by atoms with E-state index in [0.717, 1.165) is 0 Å². The first-order valence-electron chi connectivity index (χ1n) is 3.44. The predicted octanol–water partition coefficient (Wildman–Crippen LogP) is 0.761. The molecule has 0 aliphatic heterocycles. The number of hydrogen-bond donors (Lipinski definition) is 1. The van der Waals surface area contributed by atoms with Crippen molar-refractivity contribution in [1.29, 1.82) is 0 Å². The van der Waals surface area contributed by atoms with E-state index in [1.165, 1.54) is 4.52 Å². The van der Waals surface area contributed by atoms with Crippen LogP contribution in [0.1, 0.15) is 5.82 Å². The Morgan fingerprint density at radius 1 is 1.67 bits per heavy atom. The number of rotatable bonds is 1. The van der Waals surface area contributed by atoms with E-state index in [9.17, 15) is 4.79 Å². The van der Waals surface area contributed by atoms with Gasteiger partial charge >= 0.3 is 0 Å². The maximum Gasteiger partial charge on any atom is 0.275 e. The Labute approximate surface area is 72.8 Å². The Morgan fingerprint density at radius 3 is 3.25 bits per heavy atom. The van der Waals surface area contributed by atoms with Gasteiger partial charge in [0.15, 0.2) is 0 Å². The van der Waals surface area contributed by atoms with E-state index < -0.39 is 0 Å². The minimum Gasteiger partial charge on any atom is -0.306 e. The highest BCUT2D eigenvalue weighted by molar-refractivity contribution is 6.16. The molecular formula is C7H6ClN3O. The summed E-state index contributed by atoms with van der Waals surface area (Å²) in [7, 11) is 0. The van der Waals surface area contributed by atoms with Crippen molar-refractivity contribution in [3.63, 3.8) is 0 Å². The summed E-state index contributed by atoms with van der Waals surface area (Å²) in [5, 5.41) is 4.04. The summed E-state index contributed by atoms with van der Waals surface area (Å²) in [5.41, 5.74) is 0.370. The molecule has 2 heterocycles. The van der Waals surface area contributed by atoms with Gasteiger partial charge in [-0.05, 0) is 12.1 Å². The van der Waals surface area contributed by atoms with Crippen LogP contribution in [-0.4, -0.2) is 14.6 Å². The van der Waals surface area contributed by atoms with Gasteiger partial charge in [-0.25, -0.2) is 4.52 Å². The molecule has 0 spiro atoms. The second-order valence-electron chi connectivity index (χ2n) is 2.37. The molecule has 4 nitrogen and oxygen atoms in total. The lowest BCUT2D eigenvalue weighted by Gasteiger charge is -1.95. The van der Waals surface area contributed by atoms with Gasteiger partial charge in [-0.2, -0.15) is 5.10 Å². The van der Waals surface area contributed by atoms with Crippen LogP contribution in [0.5, 0.6) is 0 Å². The molecule has 0 amide bonds. The maximum absolute atomic E-state index is 11.2. The van der Waals surface area contributed by atoms with Crippen molar-refractivity contribution in [3.8, 4) is 0 Å². The molecule has 0 saturated carbocycles. The minimum absolute atomic E-state index is 0.161. The number of aromatic nitrogens is 3. The quantitative estimate of drug-likeness (QED) is 0.664. The zero-order valence-corrected chi connectivity index (χ0v) is 6.88. The molecule has 2 aromatic rings. The molecule has 62 valence electrons. The van der Waals surface area contributed by atoms with E-state index in [-0.39, 0.29) is 11.4 Å². The molecule has 0 saturated heterocycles. The first-order chi connectivity index (χ1) is 5.81. The zero-order chi connectivity index (χ0) is 8.55. The Hall–Kier alpha value is -1.29. The fourth-order valence-corrected chi connectivity index (χ4v) is 1.17. The summed E-state index contributed by atoms with van der Waals surface area (Å²) >= 11 is 5.52. The van der Waals surface area contributed by atoms with E-state index in [1.54, 1.807) is 18.3 Å². The second-order valence-corrected chi connectivity index (χ2v) is 2.64. The third kappa shape index (κ3) is 1.00. The Bertz CT molecular complexity index is 459. The van der Waals surface area contributed by atoms with Gasteiger partial charge in [-0.1, -0.05) is 0 Å². The number of fused-ring (bicyclic) bond motifs is 1. The summed E-state index contributed by atoms with van der Waals surface area (Å²) in [6, 6.07) is 3.46. The molecule has 0 unspecified atom stereocenters. The SMILES string of the molecule is O=c1[nH]c(CCl)nn2cccc12. The summed E-state index contributed by atoms with van der Waals surface area (Å²) in [6.45, 7) is 0. The Balaban J connectivity index is 2.84. The Morgan fingerprint density at radius 2 is 2.50 bits per heavy atom. The van der Waals surface area contributed by atoms with Crippen LogP contribution >= 0.6 is 11.6 Å². The van der Waals surface area contributed by atoms with E-state index in [2.05, 4.69) is 10.1 Å². The highest BCUT2D eigenvalue weighted by atomic mass is 35.5. The number of nitrogens with one attached hydrogen (secondary N) is 1. The third-order valence-corrected chi connectivity index (χ3v) is 1.83. The number of alkyl halides is 1. The van der Waals surface area contributed by atoms with Crippen LogP contribution < -0.4 is 5.56 Å². The summed E-state index contributed by atoms with van der Waals surface area (Å²) in [6.07, 6.45) is 1.71. The van der Waals surface area contributed by atoms with Crippen LogP contribution in [0.3, 0.4) is 0 Å². The van der Waals surface area contributed by atoms with Crippen molar-refractivity contribution in [1.82, 2.24) is 14.6 Å². The van der Waals surface area contributed by atoms with Gasteiger partial charge in [0.1, 0.15) is 11.3 Å². The van der Waals surface area contributed by atoms with Gasteiger partial charge in [0.05, 0.1) is 5.88 Å². The minimum atomic E-state index is -0.161. The summed E-state index contributed by atoms with van der Waals surface area (Å²) in [5.74, 6) is 0.689. The van der Waals surface area contributed by atoms with Crippen LogP contribution in [0, 0.1) is 0 Å². The maximum atomic E-state index is 11.2. The number of aromatic amines is 1. The molecule has 2 rings (SSSR count). The first-order valence-corrected chi connectivity index (χ1v) is 3.97. The summed E-state index contributed by atoms with van der Waals surface area (Å²) in [4.78, 5) is 13.8. The fourth-order valence-electron chi connectivity index (χ4n) is 1.05. The molecule has 0 aromatic carbocycles. The molecule has 0 aliphatic rings. The van der Waals surface area contributed by atoms with Crippen molar-refractivity contribution < 1.29 is 0 Å². The third-order valence-electron chi connectivity index (χ3n) is 1.57. The van der Waals surface area contributed by atoms with Gasteiger partial charge < -0.3 is 4.98 Å². The van der Waals surface area contributed by atoms with Gasteiger partial charge in [0, 0.05) is 6.20 Å². The van der Waals surface area contributed by atoms with Crippen molar-refractivity contribution >= 4 is 17.1 Å². The molecule has 12 heavy (non-hydrogen) atoms. The average Bonchev–Trinajstić information content (AvgIpc) is 2.52. The molecule has 0 radical (unpaired) electrons. The summed E-state index contributed by atoms with van der Waals surface area (Å²) < 4.78 is 1.51. The highest BCUT2D eigenvalue weighted by Crippen LogP contribution is 1.97. The molecule has 0 aliphatic carbocycles. The van der Waals surface area contributed by atoms with E-state index >= 15 is 0 Å². The van der Waals surface area contributed by atoms with Crippen molar-refractivity contribution in [2.45, 2.75) is 5.88 Å². The van der Waals surface area contributed by atoms with Crippen LogP contribution in [0.15, 0.2) is 23.1 Å². The molecule has 1 N–H and O–H groups in total. The van der Waals surface area contributed by atoms with E-state index in [1.807, 2.05) is 0 Å². The molecule has 0 atom stereocenters. The number of halogens is 1. The predicted molar refractivity (Wildman–Crippen MR) is 45.4 cm³/mol. The van der Waals surface area contributed by atoms with Crippen molar-refractivity contribution in [2.24, 2.45) is 0 Å². The standard InChI is InChI=1S/C7H6ClN3O/c8-4-6-9-7(12)5-2-1-3-11(5)10-6/h1-3H,4H2,(H,9,10,12). The van der Waals surface area contributed by atoms with E-state index in [0.29, 0.717) is 11.3 Å². The van der Waals surface area contributed by atoms with Crippen molar-refractivity contribution in [2.75, 3.05) is 0 Å². The van der Waals surface area contributed by atoms with Gasteiger partial charge in [-0.3, -0.25) is 4.79 Å². The lowest BCUT2D eigenvalue weighted by molar-refractivity contribution is 0.833. The number of nitrogens with zero attached hydrogens (tertiary/aromatic N) is 2. The second kappa shape index (κ2) is 2.64. The Kier molecular flexibility index (Phi) is 1.62. The monoisotopic (exact) mass is 183 g/mol. The lowest BCUT2D eigenvalue weighted by atomic mass is 10.5. The van der Waals surface area contributed by atoms with Crippen molar-refractivity contribution in [3.05, 3.63) is 34.5 Å². The van der Waals surface area contributed by atoms with Gasteiger partial charge in [0.25, 0.3) is 5.56 Å². The van der Waals surface area contributed by atoms with Gasteiger partial charge in [-0.15, -0.1) is 11.6 Å².